The molecule has 0 bridgehead atoms. The van der Waals surface area contributed by atoms with Gasteiger partial charge in [-0.25, -0.2) is 19.2 Å². The van der Waals surface area contributed by atoms with Gasteiger partial charge >= 0.3 is 35.8 Å². The van der Waals surface area contributed by atoms with Crippen LogP contribution in [0.15, 0.2) is 97.1 Å². The number of hydrogen-bond donors (Lipinski definition) is 1. The van der Waals surface area contributed by atoms with Crippen molar-refractivity contribution in [3.05, 3.63) is 171 Å². The number of para-hydroxylation sites is 2. The molecule has 0 heterocycles. The predicted molar refractivity (Wildman–Crippen MR) is 224 cm³/mol. The molecule has 0 aromatic heterocycles. The molecule has 368 valence electrons. The van der Waals surface area contributed by atoms with Gasteiger partial charge < -0.3 is 48.1 Å². The van der Waals surface area contributed by atoms with Gasteiger partial charge in [0, 0.05) is 26.7 Å². The van der Waals surface area contributed by atoms with Crippen LogP contribution in [0.25, 0.3) is 0 Å². The standard InChI is InChI=1S/C20H18N2O12.C10H9ClO4.C10H10N2O8/c1-13(23)33-18-5-3-2-4-17(18)20(25)31-12-30-19(24)15-8-6-14(7-9-15)10-16(34-22(28)29)11-32-21(26)27;1-7(12)15-9-5-3-2-4-8(9)10(13)14-6-11;13-10(14)8-3-1-7(2-4-8)5-9(20-12(17)18)6-19-11(15)16/h2-9,16H,10-12H2,1H3;2-5H,6H2,1H3;1-4,9H,5-6H2,(H,13,14). The Morgan fingerprint density at radius 1 is 0.536 bits per heavy atom. The van der Waals surface area contributed by atoms with Crippen LogP contribution in [0.2, 0.25) is 0 Å². The van der Waals surface area contributed by atoms with Gasteiger partial charge in [0.2, 0.25) is 6.79 Å². The molecule has 2 unspecified atom stereocenters. The van der Waals surface area contributed by atoms with E-state index in [0.717, 1.165) is 0 Å². The summed E-state index contributed by atoms with van der Waals surface area (Å²) in [5.41, 5.74) is 1.26. The molecular weight excluding hydrogens is 956 g/mol. The first-order valence-electron chi connectivity index (χ1n) is 18.9. The van der Waals surface area contributed by atoms with Gasteiger partial charge in [-0.2, -0.15) is 0 Å². The zero-order chi connectivity index (χ0) is 51.5. The van der Waals surface area contributed by atoms with Crippen molar-refractivity contribution in [3.63, 3.8) is 0 Å². The molecule has 0 fully saturated rings. The number of carbonyl (C=O) groups is 6. The molecule has 0 saturated heterocycles. The third-order valence-corrected chi connectivity index (χ3v) is 7.92. The highest BCUT2D eigenvalue weighted by molar-refractivity contribution is 6.17. The number of carbonyl (C=O) groups excluding carboxylic acids is 5. The zero-order valence-corrected chi connectivity index (χ0v) is 36.4. The summed E-state index contributed by atoms with van der Waals surface area (Å²) in [6.45, 7) is 0.442. The summed E-state index contributed by atoms with van der Waals surface area (Å²) in [5, 5.41) is 45.5. The van der Waals surface area contributed by atoms with Crippen molar-refractivity contribution < 1.29 is 97.3 Å². The topological polar surface area (TPSA) is 378 Å². The van der Waals surface area contributed by atoms with Crippen molar-refractivity contribution in [1.82, 2.24) is 0 Å². The molecule has 4 rings (SSSR count). The largest absolute Gasteiger partial charge is 0.478 e. The molecule has 28 nitrogen and oxygen atoms in total. The molecule has 4 aromatic carbocycles. The van der Waals surface area contributed by atoms with Gasteiger partial charge in [0.15, 0.2) is 6.07 Å². The van der Waals surface area contributed by atoms with Crippen molar-refractivity contribution in [3.8, 4) is 11.5 Å². The maximum absolute atomic E-state index is 12.2. The van der Waals surface area contributed by atoms with Gasteiger partial charge in [-0.3, -0.25) is 9.59 Å². The lowest BCUT2D eigenvalue weighted by molar-refractivity contribution is -0.789. The maximum Gasteiger partial charge on any atom is 0.344 e. The summed E-state index contributed by atoms with van der Waals surface area (Å²) in [4.78, 5) is 126. The third-order valence-electron chi connectivity index (χ3n) is 7.81. The number of esters is 5. The van der Waals surface area contributed by atoms with Crippen LogP contribution in [0.4, 0.5) is 0 Å². The number of benzene rings is 4. The van der Waals surface area contributed by atoms with Gasteiger partial charge in [-0.05, 0) is 59.7 Å². The fourth-order valence-corrected chi connectivity index (χ4v) is 5.15. The van der Waals surface area contributed by atoms with Crippen molar-refractivity contribution in [2.75, 3.05) is 26.1 Å². The van der Waals surface area contributed by atoms with Crippen molar-refractivity contribution in [1.29, 1.82) is 0 Å². The van der Waals surface area contributed by atoms with E-state index in [4.69, 9.17) is 35.7 Å². The number of carboxylic acids is 1. The Labute approximate surface area is 391 Å². The van der Waals surface area contributed by atoms with E-state index in [1.165, 1.54) is 92.7 Å². The Morgan fingerprint density at radius 2 is 0.913 bits per heavy atom. The van der Waals surface area contributed by atoms with E-state index in [1.54, 1.807) is 18.2 Å². The van der Waals surface area contributed by atoms with Gasteiger partial charge in [0.1, 0.15) is 48.0 Å². The molecule has 1 N–H and O–H groups in total. The molecular formula is C40H37ClN4O24. The molecule has 0 spiro atoms. The molecule has 69 heavy (non-hydrogen) atoms. The van der Waals surface area contributed by atoms with Gasteiger partial charge in [-0.15, -0.1) is 40.5 Å². The Balaban J connectivity index is 0.000000393. The molecule has 0 saturated carbocycles. The van der Waals surface area contributed by atoms with Gasteiger partial charge in [0.05, 0.1) is 11.1 Å². The number of halogens is 1. The molecule has 0 amide bonds. The lowest BCUT2D eigenvalue weighted by atomic mass is 10.1. The summed E-state index contributed by atoms with van der Waals surface area (Å²) in [7, 11) is 0. The normalized spacial score (nSPS) is 10.8. The first-order chi connectivity index (χ1) is 32.7. The maximum atomic E-state index is 12.2. The van der Waals surface area contributed by atoms with E-state index in [2.05, 4.69) is 24.1 Å². The summed E-state index contributed by atoms with van der Waals surface area (Å²) in [5.74, 6) is -4.41. The van der Waals surface area contributed by atoms with Crippen LogP contribution in [0.1, 0.15) is 66.4 Å². The van der Waals surface area contributed by atoms with E-state index in [1.807, 2.05) is 0 Å². The van der Waals surface area contributed by atoms with E-state index >= 15 is 0 Å². The van der Waals surface area contributed by atoms with E-state index in [9.17, 15) is 69.2 Å². The van der Waals surface area contributed by atoms with Crippen LogP contribution in [0.5, 0.6) is 11.5 Å². The monoisotopic (exact) mass is 992 g/mol. The van der Waals surface area contributed by atoms with Crippen LogP contribution in [-0.4, -0.2) is 99.5 Å². The number of ether oxygens (including phenoxy) is 5. The summed E-state index contributed by atoms with van der Waals surface area (Å²) in [6, 6.07) is 22.9. The average molecular weight is 993 g/mol. The lowest BCUT2D eigenvalue weighted by Gasteiger charge is -2.14. The summed E-state index contributed by atoms with van der Waals surface area (Å²) >= 11 is 5.25. The molecule has 0 aliphatic carbocycles. The van der Waals surface area contributed by atoms with Crippen LogP contribution >= 0.6 is 11.6 Å². The first kappa shape index (κ1) is 55.9. The Morgan fingerprint density at radius 3 is 1.28 bits per heavy atom. The second-order valence-electron chi connectivity index (χ2n) is 12.7. The molecule has 0 radical (unpaired) electrons. The van der Waals surface area contributed by atoms with Gasteiger partial charge in [-0.1, -0.05) is 60.1 Å². The fourth-order valence-electron chi connectivity index (χ4n) is 5.05. The Kier molecular flexibility index (Phi) is 23.8. The molecule has 0 aliphatic heterocycles. The number of hydrogen-bond acceptors (Lipinski definition) is 23. The smallest absolute Gasteiger partial charge is 0.344 e. The minimum absolute atomic E-state index is 0.00936. The van der Waals surface area contributed by atoms with Crippen LogP contribution < -0.4 is 9.47 Å². The second-order valence-corrected chi connectivity index (χ2v) is 13.0. The van der Waals surface area contributed by atoms with Crippen molar-refractivity contribution in [2.45, 2.75) is 38.9 Å². The quantitative estimate of drug-likeness (QED) is 0.0265. The van der Waals surface area contributed by atoms with E-state index < -0.39 is 88.4 Å². The highest BCUT2D eigenvalue weighted by Crippen LogP contribution is 2.21. The molecule has 0 aliphatic rings. The SMILES string of the molecule is CC(=O)Oc1ccccc1C(=O)OCCl.CC(=O)Oc1ccccc1C(=O)OCOC(=O)c1ccc(CC(CO[N+](=O)[O-])O[N+](=O)[O-])cc1.O=C(O)c1ccc(CC(CO[N+](=O)[O-])O[N+](=O)[O-])cc1. The first-order valence-corrected chi connectivity index (χ1v) is 19.4. The number of rotatable bonds is 23. The van der Waals surface area contributed by atoms with Crippen molar-refractivity contribution >= 4 is 47.4 Å². The van der Waals surface area contributed by atoms with Crippen LogP contribution in [0, 0.1) is 40.5 Å². The number of alkyl halides is 1. The second kappa shape index (κ2) is 29.4. The van der Waals surface area contributed by atoms with E-state index in [-0.39, 0.29) is 52.7 Å². The predicted octanol–water partition coefficient (Wildman–Crippen LogP) is 4.59. The number of nitrogens with zero attached hydrogens (tertiary/aromatic N) is 4. The van der Waals surface area contributed by atoms with Crippen LogP contribution in [-0.2, 0) is 56.0 Å². The van der Waals surface area contributed by atoms with Crippen molar-refractivity contribution in [2.24, 2.45) is 0 Å². The number of carboxylic acid groups (broad SMARTS) is 1. The van der Waals surface area contributed by atoms with Crippen LogP contribution in [0.3, 0.4) is 0 Å². The summed E-state index contributed by atoms with van der Waals surface area (Å²) < 4.78 is 24.1. The Hall–Kier alpha value is -9.21. The molecule has 29 heteroatoms. The highest BCUT2D eigenvalue weighted by Gasteiger charge is 2.20. The zero-order valence-electron chi connectivity index (χ0n) is 35.6. The fraction of sp³-hybridized carbons (Fsp3) is 0.250. The molecule has 2 atom stereocenters. The average Bonchev–Trinajstić information content (AvgIpc) is 3.28. The Bertz CT molecular complexity index is 2440. The summed E-state index contributed by atoms with van der Waals surface area (Å²) in [6.07, 6.45) is -2.54. The number of aromatic carboxylic acids is 1. The van der Waals surface area contributed by atoms with Gasteiger partial charge in [0.25, 0.3) is 20.3 Å². The third kappa shape index (κ3) is 22.5. The minimum Gasteiger partial charge on any atom is -0.478 e. The highest BCUT2D eigenvalue weighted by atomic mass is 35.5. The van der Waals surface area contributed by atoms with E-state index in [0.29, 0.717) is 11.1 Å². The minimum atomic E-state index is -1.24. The molecule has 4 aromatic rings. The lowest BCUT2D eigenvalue weighted by Crippen LogP contribution is -2.26.